The van der Waals surface area contributed by atoms with E-state index in [1.807, 2.05) is 13.8 Å². The van der Waals surface area contributed by atoms with Crippen LogP contribution >= 0.6 is 0 Å². The summed E-state index contributed by atoms with van der Waals surface area (Å²) in [5, 5.41) is 3.01. The lowest BCUT2D eigenvalue weighted by Crippen LogP contribution is -2.28. The second-order valence-electron chi connectivity index (χ2n) is 4.09. The lowest BCUT2D eigenvalue weighted by molar-refractivity contribution is 0.459. The minimum absolute atomic E-state index is 0.284. The summed E-state index contributed by atoms with van der Waals surface area (Å²) in [5.74, 6) is 0.586. The molecule has 0 aliphatic rings. The van der Waals surface area contributed by atoms with Gasteiger partial charge < -0.3 is 5.32 Å². The van der Waals surface area contributed by atoms with E-state index < -0.39 is 10.0 Å². The molecular formula is C12H21N3O2S. The van der Waals surface area contributed by atoms with Crippen LogP contribution in [0.15, 0.2) is 23.2 Å². The summed E-state index contributed by atoms with van der Waals surface area (Å²) >= 11 is 0. The Hall–Kier alpha value is -1.14. The van der Waals surface area contributed by atoms with Gasteiger partial charge in [0.1, 0.15) is 5.82 Å². The van der Waals surface area contributed by atoms with Crippen molar-refractivity contribution < 1.29 is 8.42 Å². The first-order valence-corrected chi connectivity index (χ1v) is 7.62. The lowest BCUT2D eigenvalue weighted by Gasteiger charge is -2.17. The molecule has 0 atom stereocenters. The van der Waals surface area contributed by atoms with Gasteiger partial charge in [-0.3, -0.25) is 0 Å². The fraction of sp³-hybridized carbons (Fsp3) is 0.583. The number of unbranched alkanes of at least 4 members (excludes halogenated alkanes) is 1. The van der Waals surface area contributed by atoms with Crippen molar-refractivity contribution in [1.82, 2.24) is 9.29 Å². The van der Waals surface area contributed by atoms with Gasteiger partial charge in [0.2, 0.25) is 10.0 Å². The van der Waals surface area contributed by atoms with E-state index in [1.54, 1.807) is 13.1 Å². The van der Waals surface area contributed by atoms with Gasteiger partial charge in [0, 0.05) is 32.4 Å². The van der Waals surface area contributed by atoms with Crippen LogP contribution in [0, 0.1) is 0 Å². The minimum Gasteiger partial charge on any atom is -0.370 e. The smallest absolute Gasteiger partial charge is 0.243 e. The first-order valence-electron chi connectivity index (χ1n) is 6.18. The number of pyridine rings is 1. The zero-order chi connectivity index (χ0) is 13.6. The molecule has 1 N–H and O–H groups in total. The number of hydrogen-bond acceptors (Lipinski definition) is 4. The van der Waals surface area contributed by atoms with E-state index in [-0.39, 0.29) is 4.90 Å². The third-order valence-corrected chi connectivity index (χ3v) is 4.48. The van der Waals surface area contributed by atoms with Crippen molar-refractivity contribution >= 4 is 15.8 Å². The number of aromatic nitrogens is 1. The maximum absolute atomic E-state index is 12.3. The van der Waals surface area contributed by atoms with E-state index in [9.17, 15) is 8.42 Å². The highest BCUT2D eigenvalue weighted by atomic mass is 32.2. The molecule has 0 saturated heterocycles. The quantitative estimate of drug-likeness (QED) is 0.823. The lowest BCUT2D eigenvalue weighted by atomic mass is 10.3. The zero-order valence-electron chi connectivity index (χ0n) is 11.2. The van der Waals surface area contributed by atoms with Gasteiger partial charge in [0.25, 0.3) is 0 Å². The molecule has 1 aromatic heterocycles. The van der Waals surface area contributed by atoms with Gasteiger partial charge >= 0.3 is 0 Å². The van der Waals surface area contributed by atoms with E-state index >= 15 is 0 Å². The first-order chi connectivity index (χ1) is 8.52. The van der Waals surface area contributed by atoms with Crippen molar-refractivity contribution in [2.45, 2.75) is 31.6 Å². The molecule has 0 fully saturated rings. The van der Waals surface area contributed by atoms with Gasteiger partial charge in [0.15, 0.2) is 0 Å². The normalized spacial score (nSPS) is 11.8. The number of nitrogens with zero attached hydrogens (tertiary/aromatic N) is 2. The number of rotatable bonds is 7. The third kappa shape index (κ3) is 3.68. The van der Waals surface area contributed by atoms with E-state index in [2.05, 4.69) is 10.3 Å². The Morgan fingerprint density at radius 2 is 2.11 bits per heavy atom. The summed E-state index contributed by atoms with van der Waals surface area (Å²) in [6.07, 6.45) is 3.35. The van der Waals surface area contributed by atoms with Crippen LogP contribution < -0.4 is 5.32 Å². The molecule has 1 heterocycles. The van der Waals surface area contributed by atoms with Gasteiger partial charge in [-0.2, -0.15) is 0 Å². The molecule has 5 nitrogen and oxygen atoms in total. The Bertz CT molecular complexity index is 474. The molecule has 0 radical (unpaired) electrons. The Balaban J connectivity index is 2.93. The van der Waals surface area contributed by atoms with Gasteiger partial charge in [-0.25, -0.2) is 17.7 Å². The Labute approximate surface area is 109 Å². The molecule has 0 spiro atoms. The second kappa shape index (κ2) is 6.70. The number of sulfonamides is 1. The highest BCUT2D eigenvalue weighted by Gasteiger charge is 2.20. The molecule has 0 aliphatic heterocycles. The second-order valence-corrected chi connectivity index (χ2v) is 6.13. The van der Waals surface area contributed by atoms with Gasteiger partial charge in [-0.1, -0.05) is 13.3 Å². The van der Waals surface area contributed by atoms with Crippen molar-refractivity contribution in [2.24, 2.45) is 0 Å². The summed E-state index contributed by atoms with van der Waals surface area (Å²) < 4.78 is 25.9. The van der Waals surface area contributed by atoms with Crippen LogP contribution in [0.1, 0.15) is 26.7 Å². The maximum atomic E-state index is 12.3. The van der Waals surface area contributed by atoms with Gasteiger partial charge in [-0.15, -0.1) is 0 Å². The minimum atomic E-state index is -3.40. The molecule has 0 aliphatic carbocycles. The van der Waals surface area contributed by atoms with Crippen LogP contribution in [0.25, 0.3) is 0 Å². The van der Waals surface area contributed by atoms with Crippen molar-refractivity contribution in [3.63, 3.8) is 0 Å². The molecule has 0 unspecified atom stereocenters. The Kier molecular flexibility index (Phi) is 5.55. The first kappa shape index (κ1) is 14.9. The molecule has 0 saturated carbocycles. The van der Waals surface area contributed by atoms with Crippen molar-refractivity contribution in [2.75, 3.05) is 25.5 Å². The molecule has 18 heavy (non-hydrogen) atoms. The van der Waals surface area contributed by atoms with Gasteiger partial charge in [0.05, 0.1) is 4.90 Å². The largest absolute Gasteiger partial charge is 0.370 e. The van der Waals surface area contributed by atoms with E-state index in [4.69, 9.17) is 0 Å². The zero-order valence-corrected chi connectivity index (χ0v) is 12.0. The number of hydrogen-bond donors (Lipinski definition) is 1. The standard InChI is InChI=1S/C12H21N3O2S/c1-4-6-9-15(3)18(16,17)11-7-8-14-12(10-11)13-5-2/h7-8,10H,4-6,9H2,1-3H3,(H,13,14). The van der Waals surface area contributed by atoms with Crippen LogP contribution in [-0.4, -0.2) is 37.8 Å². The topological polar surface area (TPSA) is 62.3 Å². The van der Waals surface area contributed by atoms with Crippen LogP contribution in [0.4, 0.5) is 5.82 Å². The molecule has 1 rings (SSSR count). The monoisotopic (exact) mass is 271 g/mol. The summed E-state index contributed by atoms with van der Waals surface area (Å²) in [6.45, 7) is 5.23. The van der Waals surface area contributed by atoms with E-state index in [0.29, 0.717) is 18.9 Å². The van der Waals surface area contributed by atoms with Crippen molar-refractivity contribution in [3.8, 4) is 0 Å². The number of anilines is 1. The highest BCUT2D eigenvalue weighted by molar-refractivity contribution is 7.89. The van der Waals surface area contributed by atoms with Crippen LogP contribution in [0.2, 0.25) is 0 Å². The Morgan fingerprint density at radius 1 is 1.39 bits per heavy atom. The summed E-state index contributed by atoms with van der Waals surface area (Å²) in [6, 6.07) is 3.10. The highest BCUT2D eigenvalue weighted by Crippen LogP contribution is 2.17. The fourth-order valence-electron chi connectivity index (χ4n) is 1.53. The molecule has 102 valence electrons. The predicted octanol–water partition coefficient (Wildman–Crippen LogP) is 1.93. The van der Waals surface area contributed by atoms with Crippen LogP contribution in [0.5, 0.6) is 0 Å². The van der Waals surface area contributed by atoms with Crippen LogP contribution in [0.3, 0.4) is 0 Å². The van der Waals surface area contributed by atoms with Crippen molar-refractivity contribution in [1.29, 1.82) is 0 Å². The summed E-state index contributed by atoms with van der Waals surface area (Å²) in [5.41, 5.74) is 0. The molecule has 1 aromatic rings. The molecule has 0 amide bonds. The van der Waals surface area contributed by atoms with Crippen LogP contribution in [-0.2, 0) is 10.0 Å². The average Bonchev–Trinajstić information content (AvgIpc) is 2.36. The van der Waals surface area contributed by atoms with E-state index in [1.165, 1.54) is 16.6 Å². The summed E-state index contributed by atoms with van der Waals surface area (Å²) in [7, 11) is -1.79. The maximum Gasteiger partial charge on any atom is 0.243 e. The molecule has 0 bridgehead atoms. The summed E-state index contributed by atoms with van der Waals surface area (Å²) in [4.78, 5) is 4.35. The molecule has 0 aromatic carbocycles. The predicted molar refractivity (Wildman–Crippen MR) is 73.1 cm³/mol. The number of nitrogens with one attached hydrogen (secondary N) is 1. The molecular weight excluding hydrogens is 250 g/mol. The third-order valence-electron chi connectivity index (χ3n) is 2.62. The van der Waals surface area contributed by atoms with Gasteiger partial charge in [-0.05, 0) is 19.4 Å². The average molecular weight is 271 g/mol. The van der Waals surface area contributed by atoms with Crippen molar-refractivity contribution in [3.05, 3.63) is 18.3 Å². The SMILES string of the molecule is CCCCN(C)S(=O)(=O)c1ccnc(NCC)c1. The Morgan fingerprint density at radius 3 is 2.72 bits per heavy atom. The molecule has 6 heteroatoms. The fourth-order valence-corrected chi connectivity index (χ4v) is 2.75. The van der Waals surface area contributed by atoms with E-state index in [0.717, 1.165) is 12.8 Å².